The summed E-state index contributed by atoms with van der Waals surface area (Å²) in [4.78, 5) is 16.6. The fourth-order valence-corrected chi connectivity index (χ4v) is 2.48. The predicted octanol–water partition coefficient (Wildman–Crippen LogP) is 2.11. The Morgan fingerprint density at radius 2 is 2.26 bits per heavy atom. The molecule has 0 fully saturated rings. The number of nitrogens with one attached hydrogen (secondary N) is 1. The van der Waals surface area contributed by atoms with Gasteiger partial charge in [0.15, 0.2) is 11.5 Å². The summed E-state index contributed by atoms with van der Waals surface area (Å²) in [5.41, 5.74) is 0.971. The summed E-state index contributed by atoms with van der Waals surface area (Å²) in [5, 5.41) is 3.74. The Morgan fingerprint density at radius 1 is 1.42 bits per heavy atom. The zero-order valence-corrected chi connectivity index (χ0v) is 11.1. The molecule has 1 amide bonds. The van der Waals surface area contributed by atoms with Gasteiger partial charge in [0.25, 0.3) is 5.91 Å². The average molecular weight is 276 g/mol. The van der Waals surface area contributed by atoms with E-state index < -0.39 is 0 Å². The lowest BCUT2D eigenvalue weighted by molar-refractivity contribution is 0.0954. The minimum Gasteiger partial charge on any atom is -0.454 e. The van der Waals surface area contributed by atoms with Gasteiger partial charge in [-0.3, -0.25) is 4.79 Å². The molecule has 98 valence electrons. The maximum Gasteiger partial charge on any atom is 0.263 e. The van der Waals surface area contributed by atoms with Gasteiger partial charge < -0.3 is 14.8 Å². The number of benzene rings is 1. The second-order valence-corrected chi connectivity index (χ2v) is 5.35. The number of hydrogen-bond acceptors (Lipinski definition) is 5. The number of aryl methyl sites for hydroxylation is 1. The third-order valence-electron chi connectivity index (χ3n) is 2.74. The van der Waals surface area contributed by atoms with Gasteiger partial charge in [0.2, 0.25) is 6.79 Å². The number of thiazole rings is 1. The Hall–Kier alpha value is -2.08. The fraction of sp³-hybridized carbons (Fsp3) is 0.231. The Labute approximate surface area is 114 Å². The molecular weight excluding hydrogens is 264 g/mol. The van der Waals surface area contributed by atoms with Crippen LogP contribution in [0.25, 0.3) is 0 Å². The number of carbonyl (C=O) groups is 1. The normalized spacial score (nSPS) is 12.5. The van der Waals surface area contributed by atoms with Gasteiger partial charge in [-0.2, -0.15) is 0 Å². The van der Waals surface area contributed by atoms with Crippen LogP contribution < -0.4 is 14.8 Å². The highest BCUT2D eigenvalue weighted by Crippen LogP contribution is 2.32. The highest BCUT2D eigenvalue weighted by Gasteiger charge is 2.14. The van der Waals surface area contributed by atoms with E-state index in [-0.39, 0.29) is 12.7 Å². The van der Waals surface area contributed by atoms with Crippen molar-refractivity contribution in [3.8, 4) is 11.5 Å². The van der Waals surface area contributed by atoms with E-state index in [0.717, 1.165) is 22.1 Å². The molecule has 0 unspecified atom stereocenters. The van der Waals surface area contributed by atoms with Gasteiger partial charge >= 0.3 is 0 Å². The molecule has 6 heteroatoms. The van der Waals surface area contributed by atoms with Crippen LogP contribution in [0.4, 0.5) is 0 Å². The smallest absolute Gasteiger partial charge is 0.263 e. The molecule has 1 N–H and O–H groups in total. The van der Waals surface area contributed by atoms with Crippen LogP contribution in [0.1, 0.15) is 20.2 Å². The summed E-state index contributed by atoms with van der Waals surface area (Å²) < 4.78 is 10.5. The Morgan fingerprint density at radius 3 is 3.05 bits per heavy atom. The number of rotatable bonds is 3. The highest BCUT2D eigenvalue weighted by molar-refractivity contribution is 7.13. The van der Waals surface area contributed by atoms with Crippen LogP contribution in [0.2, 0.25) is 0 Å². The van der Waals surface area contributed by atoms with Crippen LogP contribution in [0, 0.1) is 6.92 Å². The molecule has 0 aliphatic carbocycles. The Bertz CT molecular complexity index is 624. The van der Waals surface area contributed by atoms with Gasteiger partial charge in [-0.05, 0) is 24.6 Å². The molecule has 2 aromatic rings. The third kappa shape index (κ3) is 2.53. The fourth-order valence-electron chi connectivity index (χ4n) is 1.79. The topological polar surface area (TPSA) is 60.5 Å². The van der Waals surface area contributed by atoms with E-state index >= 15 is 0 Å². The van der Waals surface area contributed by atoms with E-state index in [1.165, 1.54) is 11.3 Å². The lowest BCUT2D eigenvalue weighted by Crippen LogP contribution is -2.21. The average Bonchev–Trinajstić information content (AvgIpc) is 3.03. The molecule has 0 saturated carbocycles. The van der Waals surface area contributed by atoms with Crippen molar-refractivity contribution in [2.45, 2.75) is 13.5 Å². The van der Waals surface area contributed by atoms with Gasteiger partial charge in [-0.25, -0.2) is 4.98 Å². The largest absolute Gasteiger partial charge is 0.454 e. The number of hydrogen-bond donors (Lipinski definition) is 1. The number of fused-ring (bicyclic) bond motifs is 1. The van der Waals surface area contributed by atoms with Gasteiger partial charge in [0.1, 0.15) is 4.88 Å². The van der Waals surface area contributed by atoms with E-state index in [1.54, 1.807) is 6.20 Å². The summed E-state index contributed by atoms with van der Waals surface area (Å²) in [6.45, 7) is 2.58. The molecule has 1 aliphatic rings. The minimum absolute atomic E-state index is 0.108. The molecule has 0 atom stereocenters. The van der Waals surface area contributed by atoms with E-state index in [1.807, 2.05) is 25.1 Å². The molecule has 1 aliphatic heterocycles. The zero-order valence-electron chi connectivity index (χ0n) is 10.3. The molecule has 1 aromatic heterocycles. The number of amides is 1. The molecule has 5 nitrogen and oxygen atoms in total. The molecule has 3 rings (SSSR count). The molecule has 0 bridgehead atoms. The number of nitrogens with zero attached hydrogens (tertiary/aromatic N) is 1. The van der Waals surface area contributed by atoms with Crippen LogP contribution in [0.5, 0.6) is 11.5 Å². The molecule has 0 spiro atoms. The van der Waals surface area contributed by atoms with E-state index in [9.17, 15) is 4.79 Å². The SMILES string of the molecule is Cc1ncc(C(=O)NCc2ccc3c(c2)OCO3)s1. The number of ether oxygens (including phenoxy) is 2. The first-order chi connectivity index (χ1) is 9.22. The van der Waals surface area contributed by atoms with Gasteiger partial charge in [-0.15, -0.1) is 11.3 Å². The number of aromatic nitrogens is 1. The van der Waals surface area contributed by atoms with Crippen LogP contribution in [0.15, 0.2) is 24.4 Å². The van der Waals surface area contributed by atoms with Crippen LogP contribution in [-0.4, -0.2) is 17.7 Å². The zero-order chi connectivity index (χ0) is 13.2. The molecule has 1 aromatic carbocycles. The van der Waals surface area contributed by atoms with Crippen molar-refractivity contribution in [3.05, 3.63) is 39.8 Å². The Balaban J connectivity index is 1.64. The first-order valence-corrected chi connectivity index (χ1v) is 6.63. The molecule has 0 radical (unpaired) electrons. The Kier molecular flexibility index (Phi) is 3.08. The highest BCUT2D eigenvalue weighted by atomic mass is 32.1. The van der Waals surface area contributed by atoms with Crippen LogP contribution in [0.3, 0.4) is 0 Å². The summed E-state index contributed by atoms with van der Waals surface area (Å²) in [6.07, 6.45) is 1.59. The van der Waals surface area contributed by atoms with Crippen molar-refractivity contribution in [3.63, 3.8) is 0 Å². The van der Waals surface area contributed by atoms with Crippen molar-refractivity contribution in [2.75, 3.05) is 6.79 Å². The number of carbonyl (C=O) groups excluding carboxylic acids is 1. The standard InChI is InChI=1S/C13H12N2O3S/c1-8-14-6-12(19-8)13(16)15-5-9-2-3-10-11(4-9)18-7-17-10/h2-4,6H,5,7H2,1H3,(H,15,16). The maximum atomic E-state index is 11.9. The van der Waals surface area contributed by atoms with Crippen molar-refractivity contribution in [2.24, 2.45) is 0 Å². The van der Waals surface area contributed by atoms with Gasteiger partial charge in [-0.1, -0.05) is 6.07 Å². The lowest BCUT2D eigenvalue weighted by Gasteiger charge is -2.04. The monoisotopic (exact) mass is 276 g/mol. The van der Waals surface area contributed by atoms with Gasteiger partial charge in [0, 0.05) is 6.54 Å². The second-order valence-electron chi connectivity index (χ2n) is 4.11. The summed E-state index contributed by atoms with van der Waals surface area (Å²) in [7, 11) is 0. The molecule has 19 heavy (non-hydrogen) atoms. The van der Waals surface area contributed by atoms with E-state index in [2.05, 4.69) is 10.3 Å². The first kappa shape index (κ1) is 12.0. The third-order valence-corrected chi connectivity index (χ3v) is 3.65. The van der Waals surface area contributed by atoms with Gasteiger partial charge in [0.05, 0.1) is 11.2 Å². The van der Waals surface area contributed by atoms with E-state index in [0.29, 0.717) is 11.4 Å². The molecular formula is C13H12N2O3S. The van der Waals surface area contributed by atoms with E-state index in [4.69, 9.17) is 9.47 Å². The predicted molar refractivity (Wildman–Crippen MR) is 70.6 cm³/mol. The molecule has 2 heterocycles. The van der Waals surface area contributed by atoms with Crippen molar-refractivity contribution in [1.82, 2.24) is 10.3 Å². The molecule has 0 saturated heterocycles. The summed E-state index contributed by atoms with van der Waals surface area (Å²) >= 11 is 1.38. The lowest BCUT2D eigenvalue weighted by atomic mass is 10.2. The minimum atomic E-state index is -0.108. The summed E-state index contributed by atoms with van der Waals surface area (Å²) in [6, 6.07) is 5.63. The van der Waals surface area contributed by atoms with Crippen LogP contribution in [-0.2, 0) is 6.54 Å². The first-order valence-electron chi connectivity index (χ1n) is 5.81. The maximum absolute atomic E-state index is 11.9. The summed E-state index contributed by atoms with van der Waals surface area (Å²) in [5.74, 6) is 1.36. The van der Waals surface area contributed by atoms with Crippen molar-refractivity contribution >= 4 is 17.2 Å². The quantitative estimate of drug-likeness (QED) is 0.932. The van der Waals surface area contributed by atoms with Crippen LogP contribution >= 0.6 is 11.3 Å². The van der Waals surface area contributed by atoms with Crippen molar-refractivity contribution < 1.29 is 14.3 Å². The van der Waals surface area contributed by atoms with Crippen molar-refractivity contribution in [1.29, 1.82) is 0 Å². The second kappa shape index (κ2) is 4.89.